The lowest BCUT2D eigenvalue weighted by molar-refractivity contribution is -0.168. The van der Waals surface area contributed by atoms with Crippen molar-refractivity contribution in [2.75, 3.05) is 6.61 Å². The minimum absolute atomic E-state index is 0.00776. The average Bonchev–Trinajstić information content (AvgIpc) is 2.77. The summed E-state index contributed by atoms with van der Waals surface area (Å²) in [6.45, 7) is 0.0763. The molecule has 1 aromatic heterocycles. The van der Waals surface area contributed by atoms with E-state index in [0.29, 0.717) is 6.42 Å². The van der Waals surface area contributed by atoms with E-state index in [1.165, 1.54) is 0 Å². The van der Waals surface area contributed by atoms with Crippen LogP contribution < -0.4 is 5.73 Å². The van der Waals surface area contributed by atoms with Crippen molar-refractivity contribution in [2.45, 2.75) is 44.8 Å². The van der Waals surface area contributed by atoms with Gasteiger partial charge in [-0.05, 0) is 6.42 Å². The predicted octanol–water partition coefficient (Wildman–Crippen LogP) is 2.29. The summed E-state index contributed by atoms with van der Waals surface area (Å²) < 4.78 is 58.0. The molecule has 0 spiro atoms. The van der Waals surface area contributed by atoms with Crippen molar-refractivity contribution in [1.29, 1.82) is 0 Å². The number of nitrogens with zero attached hydrogens (tertiary/aromatic N) is 2. The Labute approximate surface area is 107 Å². The van der Waals surface area contributed by atoms with Gasteiger partial charge in [0.15, 0.2) is 5.82 Å². The zero-order chi connectivity index (χ0) is 14.5. The Balaban J connectivity index is 2.42. The maximum Gasteiger partial charge on any atom is 0.330 e. The van der Waals surface area contributed by atoms with Gasteiger partial charge in [-0.15, -0.1) is 0 Å². The van der Waals surface area contributed by atoms with Gasteiger partial charge in [0, 0.05) is 0 Å². The first-order valence-electron chi connectivity index (χ1n) is 5.68. The highest BCUT2D eigenvalue weighted by Gasteiger charge is 2.41. The first-order chi connectivity index (χ1) is 8.86. The predicted molar refractivity (Wildman–Crippen MR) is 56.7 cm³/mol. The third-order valence-electron chi connectivity index (χ3n) is 2.25. The molecule has 110 valence electrons. The molecule has 0 saturated carbocycles. The molecule has 5 nitrogen and oxygen atoms in total. The molecular weight excluding hydrogens is 270 g/mol. The Morgan fingerprint density at radius 2 is 2.11 bits per heavy atom. The SMILES string of the molecule is CCC[C@@H](N)c1nc(COCC(F)(F)C(F)F)no1. The van der Waals surface area contributed by atoms with Gasteiger partial charge in [-0.1, -0.05) is 18.5 Å². The van der Waals surface area contributed by atoms with Crippen LogP contribution in [-0.4, -0.2) is 29.1 Å². The number of halogens is 4. The number of hydrogen-bond donors (Lipinski definition) is 1. The normalized spacial score (nSPS) is 14.1. The van der Waals surface area contributed by atoms with Gasteiger partial charge in [-0.3, -0.25) is 0 Å². The summed E-state index contributed by atoms with van der Waals surface area (Å²) in [5.41, 5.74) is 5.70. The summed E-state index contributed by atoms with van der Waals surface area (Å²) in [7, 11) is 0. The largest absolute Gasteiger partial charge is 0.367 e. The van der Waals surface area contributed by atoms with Gasteiger partial charge >= 0.3 is 12.3 Å². The topological polar surface area (TPSA) is 74.2 Å². The summed E-state index contributed by atoms with van der Waals surface area (Å²) in [6, 6.07) is -0.436. The Kier molecular flexibility index (Phi) is 5.67. The summed E-state index contributed by atoms with van der Waals surface area (Å²) in [5.74, 6) is -4.03. The number of ether oxygens (including phenoxy) is 1. The Hall–Kier alpha value is -1.22. The second-order valence-electron chi connectivity index (χ2n) is 4.00. The maximum absolute atomic E-state index is 12.5. The summed E-state index contributed by atoms with van der Waals surface area (Å²) in [5, 5.41) is 3.46. The molecule has 2 N–H and O–H groups in total. The van der Waals surface area contributed by atoms with E-state index in [4.69, 9.17) is 10.3 Å². The zero-order valence-electron chi connectivity index (χ0n) is 10.3. The Bertz CT molecular complexity index is 387. The van der Waals surface area contributed by atoms with E-state index in [0.717, 1.165) is 6.42 Å². The number of hydrogen-bond acceptors (Lipinski definition) is 5. The van der Waals surface area contributed by atoms with E-state index in [1.807, 2.05) is 6.92 Å². The molecule has 0 unspecified atom stereocenters. The fourth-order valence-electron chi connectivity index (χ4n) is 1.25. The van der Waals surface area contributed by atoms with Crippen molar-refractivity contribution in [1.82, 2.24) is 10.1 Å². The van der Waals surface area contributed by atoms with Gasteiger partial charge in [-0.2, -0.15) is 13.8 Å². The summed E-state index contributed by atoms with van der Waals surface area (Å²) in [4.78, 5) is 3.83. The maximum atomic E-state index is 12.5. The second-order valence-corrected chi connectivity index (χ2v) is 4.00. The van der Waals surface area contributed by atoms with Gasteiger partial charge in [0.2, 0.25) is 5.89 Å². The highest BCUT2D eigenvalue weighted by atomic mass is 19.3. The summed E-state index contributed by atoms with van der Waals surface area (Å²) >= 11 is 0. The van der Waals surface area contributed by atoms with Crippen LogP contribution in [0.2, 0.25) is 0 Å². The van der Waals surface area contributed by atoms with Crippen LogP contribution in [0.3, 0.4) is 0 Å². The minimum Gasteiger partial charge on any atom is -0.367 e. The molecule has 0 aliphatic heterocycles. The minimum atomic E-state index is -4.19. The lowest BCUT2D eigenvalue weighted by Crippen LogP contribution is -2.32. The van der Waals surface area contributed by atoms with Crippen molar-refractivity contribution in [3.05, 3.63) is 11.7 Å². The van der Waals surface area contributed by atoms with E-state index in [9.17, 15) is 17.6 Å². The van der Waals surface area contributed by atoms with Crippen molar-refractivity contribution in [3.8, 4) is 0 Å². The molecule has 1 aromatic rings. The van der Waals surface area contributed by atoms with E-state index in [2.05, 4.69) is 14.9 Å². The Morgan fingerprint density at radius 3 is 2.68 bits per heavy atom. The van der Waals surface area contributed by atoms with Gasteiger partial charge in [0.1, 0.15) is 13.2 Å². The van der Waals surface area contributed by atoms with Crippen LogP contribution >= 0.6 is 0 Å². The fourth-order valence-corrected chi connectivity index (χ4v) is 1.25. The van der Waals surface area contributed by atoms with Gasteiger partial charge < -0.3 is 15.0 Å². The highest BCUT2D eigenvalue weighted by molar-refractivity contribution is 4.90. The van der Waals surface area contributed by atoms with Gasteiger partial charge in [-0.25, -0.2) is 8.78 Å². The quantitative estimate of drug-likeness (QED) is 0.742. The van der Waals surface area contributed by atoms with Gasteiger partial charge in [0.25, 0.3) is 0 Å². The molecule has 0 fully saturated rings. The smallest absolute Gasteiger partial charge is 0.330 e. The van der Waals surface area contributed by atoms with Crippen LogP contribution in [0.1, 0.15) is 37.5 Å². The number of nitrogens with two attached hydrogens (primary N) is 1. The molecule has 1 atom stereocenters. The molecule has 0 saturated heterocycles. The molecule has 0 radical (unpaired) electrons. The Morgan fingerprint density at radius 1 is 1.42 bits per heavy atom. The van der Waals surface area contributed by atoms with Crippen LogP contribution in [-0.2, 0) is 11.3 Å². The van der Waals surface area contributed by atoms with Crippen LogP contribution in [0.5, 0.6) is 0 Å². The molecule has 1 rings (SSSR count). The van der Waals surface area contributed by atoms with Crippen molar-refractivity contribution in [3.63, 3.8) is 0 Å². The molecule has 0 bridgehead atoms. The lowest BCUT2D eigenvalue weighted by Gasteiger charge is -2.14. The third kappa shape index (κ3) is 4.75. The van der Waals surface area contributed by atoms with Gasteiger partial charge in [0.05, 0.1) is 6.04 Å². The van der Waals surface area contributed by atoms with Crippen molar-refractivity contribution < 1.29 is 26.8 Å². The number of aromatic nitrogens is 2. The van der Waals surface area contributed by atoms with Crippen LogP contribution in [0, 0.1) is 0 Å². The first kappa shape index (κ1) is 15.8. The third-order valence-corrected chi connectivity index (χ3v) is 2.25. The molecule has 0 aliphatic carbocycles. The fraction of sp³-hybridized carbons (Fsp3) is 0.800. The van der Waals surface area contributed by atoms with Crippen LogP contribution in [0.4, 0.5) is 17.6 Å². The van der Waals surface area contributed by atoms with Crippen molar-refractivity contribution in [2.24, 2.45) is 5.73 Å². The standard InChI is InChI=1S/C10H15F4N3O2/c1-2-3-6(15)8-16-7(17-19-8)4-18-5-10(13,14)9(11)12/h6,9H,2-5,15H2,1H3/t6-/m1/s1. The molecule has 0 aromatic carbocycles. The molecule has 0 amide bonds. The van der Waals surface area contributed by atoms with Crippen LogP contribution in [0.25, 0.3) is 0 Å². The highest BCUT2D eigenvalue weighted by Crippen LogP contribution is 2.23. The van der Waals surface area contributed by atoms with Crippen molar-refractivity contribution >= 4 is 0 Å². The van der Waals surface area contributed by atoms with Crippen LogP contribution in [0.15, 0.2) is 4.52 Å². The molecule has 0 aliphatic rings. The first-order valence-corrected chi connectivity index (χ1v) is 5.68. The second kappa shape index (κ2) is 6.80. The van der Waals surface area contributed by atoms with E-state index < -0.39 is 31.6 Å². The van der Waals surface area contributed by atoms with E-state index >= 15 is 0 Å². The number of alkyl halides is 4. The molecule has 19 heavy (non-hydrogen) atoms. The monoisotopic (exact) mass is 285 g/mol. The van der Waals surface area contributed by atoms with E-state index in [-0.39, 0.29) is 11.7 Å². The van der Waals surface area contributed by atoms with E-state index in [1.54, 1.807) is 0 Å². The zero-order valence-corrected chi connectivity index (χ0v) is 10.3. The average molecular weight is 285 g/mol. The number of rotatable bonds is 8. The molecule has 1 heterocycles. The molecular formula is C10H15F4N3O2. The molecule has 9 heteroatoms. The lowest BCUT2D eigenvalue weighted by atomic mass is 10.2. The summed E-state index contributed by atoms with van der Waals surface area (Å²) in [6.07, 6.45) is -2.33.